The van der Waals surface area contributed by atoms with Gasteiger partial charge in [0, 0.05) is 23.2 Å². The van der Waals surface area contributed by atoms with Crippen LogP contribution >= 0.6 is 11.6 Å². The Labute approximate surface area is 125 Å². The molecule has 0 aromatic heterocycles. The van der Waals surface area contributed by atoms with Crippen LogP contribution in [0.3, 0.4) is 0 Å². The van der Waals surface area contributed by atoms with Crippen LogP contribution in [0, 0.1) is 15.9 Å². The molecule has 0 atom stereocenters. The maximum absolute atomic E-state index is 13.5. The lowest BCUT2D eigenvalue weighted by atomic mass is 10.2. The van der Waals surface area contributed by atoms with Crippen LogP contribution in [0.25, 0.3) is 0 Å². The average Bonchev–Trinajstić information content (AvgIpc) is 2.44. The summed E-state index contributed by atoms with van der Waals surface area (Å²) in [7, 11) is 0. The molecule has 2 N–H and O–H groups in total. The Kier molecular flexibility index (Phi) is 4.72. The minimum absolute atomic E-state index is 0.0578. The molecule has 2 aromatic carbocycles. The number of halogens is 2. The molecule has 110 valence electrons. The van der Waals surface area contributed by atoms with E-state index in [0.717, 1.165) is 12.1 Å². The van der Waals surface area contributed by atoms with Crippen LogP contribution in [0.1, 0.15) is 11.1 Å². The minimum Gasteiger partial charge on any atom is -0.489 e. The molecule has 2 rings (SSSR count). The van der Waals surface area contributed by atoms with Gasteiger partial charge in [-0.05, 0) is 29.8 Å². The highest BCUT2D eigenvalue weighted by Gasteiger charge is 2.14. The van der Waals surface area contributed by atoms with Crippen LogP contribution in [0.15, 0.2) is 36.4 Å². The predicted octanol–water partition coefficient (Wildman–Crippen LogP) is 3.43. The molecule has 0 radical (unpaired) electrons. The third-order valence-electron chi connectivity index (χ3n) is 2.88. The number of ether oxygens (including phenoxy) is 1. The van der Waals surface area contributed by atoms with E-state index in [9.17, 15) is 14.5 Å². The van der Waals surface area contributed by atoms with Gasteiger partial charge >= 0.3 is 5.69 Å². The van der Waals surface area contributed by atoms with Gasteiger partial charge in [0.15, 0.2) is 0 Å². The van der Waals surface area contributed by atoms with E-state index in [1.807, 2.05) is 0 Å². The molecular weight excluding hydrogens is 299 g/mol. The zero-order valence-corrected chi connectivity index (χ0v) is 11.6. The number of nitro groups is 1. The highest BCUT2D eigenvalue weighted by Crippen LogP contribution is 2.27. The van der Waals surface area contributed by atoms with Crippen molar-refractivity contribution < 1.29 is 14.1 Å². The van der Waals surface area contributed by atoms with Crippen molar-refractivity contribution in [2.75, 3.05) is 0 Å². The first-order valence-corrected chi connectivity index (χ1v) is 6.43. The van der Waals surface area contributed by atoms with Crippen LogP contribution in [-0.2, 0) is 13.2 Å². The Morgan fingerprint density at radius 2 is 2.10 bits per heavy atom. The third-order valence-corrected chi connectivity index (χ3v) is 3.24. The smallest absolute Gasteiger partial charge is 0.304 e. The van der Waals surface area contributed by atoms with Crippen LogP contribution < -0.4 is 10.5 Å². The highest BCUT2D eigenvalue weighted by atomic mass is 35.5. The van der Waals surface area contributed by atoms with Crippen molar-refractivity contribution in [1.82, 2.24) is 0 Å². The summed E-state index contributed by atoms with van der Waals surface area (Å²) in [4.78, 5) is 9.76. The van der Waals surface area contributed by atoms with Crippen molar-refractivity contribution >= 4 is 17.3 Å². The van der Waals surface area contributed by atoms with Gasteiger partial charge in [0.05, 0.1) is 4.92 Å². The van der Waals surface area contributed by atoms with Gasteiger partial charge in [-0.25, -0.2) is 0 Å². The van der Waals surface area contributed by atoms with Crippen molar-refractivity contribution in [2.45, 2.75) is 13.2 Å². The molecule has 0 amide bonds. The van der Waals surface area contributed by atoms with E-state index >= 15 is 0 Å². The van der Waals surface area contributed by atoms with Gasteiger partial charge in [0.25, 0.3) is 0 Å². The van der Waals surface area contributed by atoms with Crippen molar-refractivity contribution in [2.24, 2.45) is 5.73 Å². The standard InChI is InChI=1S/C14H12ClFN2O3/c15-11-2-1-3-14(10(11)7-17)21-8-9-4-5-13(18(19)20)12(16)6-9/h1-6H,7-8,17H2. The Morgan fingerprint density at radius 3 is 2.71 bits per heavy atom. The summed E-state index contributed by atoms with van der Waals surface area (Å²) in [6.45, 7) is 0.270. The third kappa shape index (κ3) is 3.48. The van der Waals surface area contributed by atoms with E-state index in [1.54, 1.807) is 18.2 Å². The molecule has 0 saturated heterocycles. The second-order valence-corrected chi connectivity index (χ2v) is 4.66. The summed E-state index contributed by atoms with van der Waals surface area (Å²) in [6, 6.07) is 8.74. The number of nitro benzene ring substituents is 1. The van der Waals surface area contributed by atoms with Crippen molar-refractivity contribution in [3.05, 3.63) is 68.5 Å². The van der Waals surface area contributed by atoms with E-state index in [2.05, 4.69) is 0 Å². The monoisotopic (exact) mass is 310 g/mol. The molecule has 0 spiro atoms. The number of benzene rings is 2. The molecule has 7 heteroatoms. The van der Waals surface area contributed by atoms with E-state index in [-0.39, 0.29) is 13.2 Å². The van der Waals surface area contributed by atoms with Crippen molar-refractivity contribution in [1.29, 1.82) is 0 Å². The number of nitrogens with two attached hydrogens (primary N) is 1. The fraction of sp³-hybridized carbons (Fsp3) is 0.143. The molecule has 0 saturated carbocycles. The number of hydrogen-bond acceptors (Lipinski definition) is 4. The first-order valence-electron chi connectivity index (χ1n) is 6.06. The summed E-state index contributed by atoms with van der Waals surface area (Å²) >= 11 is 6.00. The number of nitrogens with zero attached hydrogens (tertiary/aromatic N) is 1. The molecular formula is C14H12ClFN2O3. The maximum Gasteiger partial charge on any atom is 0.304 e. The van der Waals surface area contributed by atoms with Crippen molar-refractivity contribution in [3.63, 3.8) is 0 Å². The lowest BCUT2D eigenvalue weighted by molar-refractivity contribution is -0.387. The molecule has 0 aliphatic rings. The van der Waals surface area contributed by atoms with Gasteiger partial charge in [-0.3, -0.25) is 10.1 Å². The number of hydrogen-bond donors (Lipinski definition) is 1. The van der Waals surface area contributed by atoms with E-state index in [0.29, 0.717) is 21.9 Å². The zero-order chi connectivity index (χ0) is 15.4. The minimum atomic E-state index is -0.897. The quantitative estimate of drug-likeness (QED) is 0.678. The molecule has 0 unspecified atom stereocenters. The van der Waals surface area contributed by atoms with E-state index < -0.39 is 16.4 Å². The van der Waals surface area contributed by atoms with Gasteiger partial charge in [-0.15, -0.1) is 0 Å². The van der Waals surface area contributed by atoms with Gasteiger partial charge in [-0.1, -0.05) is 17.7 Å². The van der Waals surface area contributed by atoms with Crippen LogP contribution in [-0.4, -0.2) is 4.92 Å². The van der Waals surface area contributed by atoms with Crippen LogP contribution in [0.4, 0.5) is 10.1 Å². The largest absolute Gasteiger partial charge is 0.489 e. The van der Waals surface area contributed by atoms with Crippen LogP contribution in [0.5, 0.6) is 5.75 Å². The Hall–Kier alpha value is -2.18. The maximum atomic E-state index is 13.5. The topological polar surface area (TPSA) is 78.4 Å². The fourth-order valence-electron chi connectivity index (χ4n) is 1.82. The Morgan fingerprint density at radius 1 is 1.33 bits per heavy atom. The van der Waals surface area contributed by atoms with Crippen LogP contribution in [0.2, 0.25) is 5.02 Å². The SMILES string of the molecule is NCc1c(Cl)cccc1OCc1ccc([N+](=O)[O-])c(F)c1. The van der Waals surface area contributed by atoms with Gasteiger partial charge in [0.2, 0.25) is 5.82 Å². The van der Waals surface area contributed by atoms with Crippen molar-refractivity contribution in [3.8, 4) is 5.75 Å². The Balaban J connectivity index is 2.15. The van der Waals surface area contributed by atoms with Gasteiger partial charge < -0.3 is 10.5 Å². The summed E-state index contributed by atoms with van der Waals surface area (Å²) in [5.41, 5.74) is 6.16. The molecule has 0 aliphatic heterocycles. The molecule has 0 fully saturated rings. The lowest BCUT2D eigenvalue weighted by Crippen LogP contribution is -2.04. The molecule has 0 heterocycles. The molecule has 5 nitrogen and oxygen atoms in total. The first-order chi connectivity index (χ1) is 10.0. The number of rotatable bonds is 5. The fourth-order valence-corrected chi connectivity index (χ4v) is 2.06. The average molecular weight is 311 g/mol. The lowest BCUT2D eigenvalue weighted by Gasteiger charge is -2.11. The predicted molar refractivity (Wildman–Crippen MR) is 76.7 cm³/mol. The molecule has 0 aliphatic carbocycles. The molecule has 0 bridgehead atoms. The van der Waals surface area contributed by atoms with E-state index in [1.165, 1.54) is 6.07 Å². The second-order valence-electron chi connectivity index (χ2n) is 4.25. The Bertz CT molecular complexity index is 679. The van der Waals surface area contributed by atoms with Gasteiger partial charge in [0.1, 0.15) is 12.4 Å². The first kappa shape index (κ1) is 15.2. The summed E-state index contributed by atoms with van der Waals surface area (Å²) in [5, 5.41) is 11.0. The highest BCUT2D eigenvalue weighted by molar-refractivity contribution is 6.31. The molecule has 21 heavy (non-hydrogen) atoms. The normalized spacial score (nSPS) is 10.4. The summed E-state index contributed by atoms with van der Waals surface area (Å²) in [5.74, 6) is -0.394. The summed E-state index contributed by atoms with van der Waals surface area (Å²) < 4.78 is 19.0. The second kappa shape index (κ2) is 6.51. The zero-order valence-electron chi connectivity index (χ0n) is 10.9. The van der Waals surface area contributed by atoms with Gasteiger partial charge in [-0.2, -0.15) is 4.39 Å². The van der Waals surface area contributed by atoms with E-state index in [4.69, 9.17) is 22.1 Å². The summed E-state index contributed by atoms with van der Waals surface area (Å²) in [6.07, 6.45) is 0. The molecule has 2 aromatic rings.